The number of aliphatic hydroxyl groups is 1. The van der Waals surface area contributed by atoms with Crippen LogP contribution < -0.4 is 10.6 Å². The molecule has 15 heteroatoms. The molecule has 5 N–H and O–H groups in total. The van der Waals surface area contributed by atoms with Gasteiger partial charge in [-0.15, -0.1) is 0 Å². The fraction of sp³-hybridized carbons (Fsp3) is 0.824. The topological polar surface area (TPSA) is 206 Å². The van der Waals surface area contributed by atoms with Gasteiger partial charge in [0.1, 0.15) is 23.5 Å². The number of rotatable bonds is 21. The molecule has 1 aliphatic rings. The van der Waals surface area contributed by atoms with Crippen molar-refractivity contribution in [3.8, 4) is 0 Å². The number of esters is 2. The van der Waals surface area contributed by atoms with E-state index in [9.17, 15) is 39.0 Å². The lowest BCUT2D eigenvalue weighted by Crippen LogP contribution is -2.49. The first kappa shape index (κ1) is 46.6. The molecule has 0 spiro atoms. The molecule has 1 amide bonds. The third-order valence-electron chi connectivity index (χ3n) is 7.16. The van der Waals surface area contributed by atoms with E-state index in [1.807, 2.05) is 48.5 Å². The highest BCUT2D eigenvalue weighted by Gasteiger charge is 2.35. The molecule has 49 heavy (non-hydrogen) atoms. The van der Waals surface area contributed by atoms with E-state index in [2.05, 4.69) is 10.6 Å². The van der Waals surface area contributed by atoms with Crippen LogP contribution in [0.25, 0.3) is 0 Å². The van der Waals surface area contributed by atoms with Gasteiger partial charge in [-0.05, 0) is 53.9 Å². The van der Waals surface area contributed by atoms with Gasteiger partial charge in [-0.3, -0.25) is 29.3 Å². The number of Topliss-reactive ketones (excluding diaryl/α,β-unsaturated/α-hetero) is 1. The Balaban J connectivity index is 0.00000138. The second-order valence-electron chi connectivity index (χ2n) is 14.7. The average Bonchev–Trinajstić information content (AvgIpc) is 2.94. The van der Waals surface area contributed by atoms with Crippen LogP contribution >= 0.6 is 23.5 Å². The molecule has 1 fully saturated rings. The summed E-state index contributed by atoms with van der Waals surface area (Å²) in [6.07, 6.45) is 3.04. The molecule has 1 aliphatic carbocycles. The van der Waals surface area contributed by atoms with Crippen LogP contribution in [0, 0.1) is 5.41 Å². The Morgan fingerprint density at radius 2 is 1.29 bits per heavy atom. The zero-order valence-electron chi connectivity index (χ0n) is 30.7. The molecule has 0 aromatic heterocycles. The molecule has 0 aromatic carbocycles. The van der Waals surface area contributed by atoms with Crippen molar-refractivity contribution < 1.29 is 53.6 Å². The van der Waals surface area contributed by atoms with Gasteiger partial charge >= 0.3 is 23.9 Å². The maximum atomic E-state index is 12.2. The zero-order valence-corrected chi connectivity index (χ0v) is 32.4. The summed E-state index contributed by atoms with van der Waals surface area (Å²) in [6.45, 7) is 16.9. The summed E-state index contributed by atoms with van der Waals surface area (Å²) in [6, 6.07) is -1.76. The van der Waals surface area contributed by atoms with Crippen LogP contribution in [0.5, 0.6) is 0 Å². The van der Waals surface area contributed by atoms with E-state index < -0.39 is 41.5 Å². The van der Waals surface area contributed by atoms with Crippen LogP contribution in [-0.2, 0) is 38.2 Å². The lowest BCUT2D eigenvalue weighted by Gasteiger charge is -2.37. The molecule has 1 saturated carbocycles. The van der Waals surface area contributed by atoms with Crippen molar-refractivity contribution in [1.82, 2.24) is 10.6 Å². The minimum absolute atomic E-state index is 0.103. The number of ether oxygens (including phenoxy) is 2. The lowest BCUT2D eigenvalue weighted by atomic mass is 9.88. The minimum atomic E-state index is -1.15. The third kappa shape index (κ3) is 22.2. The van der Waals surface area contributed by atoms with Crippen LogP contribution in [0.4, 0.5) is 0 Å². The lowest BCUT2D eigenvalue weighted by molar-refractivity contribution is -0.158. The van der Waals surface area contributed by atoms with Crippen LogP contribution in [0.2, 0.25) is 0 Å². The highest BCUT2D eigenvalue weighted by atomic mass is 32.2. The van der Waals surface area contributed by atoms with Gasteiger partial charge in [-0.2, -0.15) is 23.5 Å². The number of carboxylic acid groups (broad SMARTS) is 2. The van der Waals surface area contributed by atoms with E-state index in [1.54, 1.807) is 25.6 Å². The minimum Gasteiger partial charge on any atom is -0.480 e. The van der Waals surface area contributed by atoms with Crippen LogP contribution in [0.15, 0.2) is 0 Å². The maximum Gasteiger partial charge on any atom is 0.327 e. The Kier molecular flexibility index (Phi) is 21.4. The molecule has 0 bridgehead atoms. The first-order valence-corrected chi connectivity index (χ1v) is 18.9. The molecule has 1 rings (SSSR count). The number of carbonyl (C=O) groups is 6. The summed E-state index contributed by atoms with van der Waals surface area (Å²) in [7, 11) is 0. The van der Waals surface area contributed by atoms with Gasteiger partial charge in [-0.25, -0.2) is 4.79 Å². The third-order valence-corrected chi connectivity index (χ3v) is 10.4. The van der Waals surface area contributed by atoms with Crippen molar-refractivity contribution in [3.05, 3.63) is 0 Å². The van der Waals surface area contributed by atoms with Gasteiger partial charge < -0.3 is 30.1 Å². The van der Waals surface area contributed by atoms with Crippen molar-refractivity contribution in [2.75, 3.05) is 24.7 Å². The SMILES string of the molecule is CC(C)(C)NC(CSC1CCC1SCC(NC(=O)CCC(=O)OC(C)(C)CCO)C(=O)O)C(=O)O.CCCOC(=O)CCC(=O)C(C)(C)C. The number of nitrogens with one attached hydrogen (secondary N) is 2. The quantitative estimate of drug-likeness (QED) is 0.105. The highest BCUT2D eigenvalue weighted by molar-refractivity contribution is 8.04. The molecule has 13 nitrogen and oxygen atoms in total. The summed E-state index contributed by atoms with van der Waals surface area (Å²) >= 11 is 3.04. The average molecular weight is 737 g/mol. The molecule has 4 unspecified atom stereocenters. The summed E-state index contributed by atoms with van der Waals surface area (Å²) in [5.74, 6) is -2.76. The Bertz CT molecular complexity index is 1090. The number of carboxylic acids is 2. The predicted molar refractivity (Wildman–Crippen MR) is 192 cm³/mol. The van der Waals surface area contributed by atoms with E-state index in [0.29, 0.717) is 12.4 Å². The number of carbonyl (C=O) groups excluding carboxylic acids is 4. The molecule has 0 aromatic rings. The second kappa shape index (κ2) is 22.5. The van der Waals surface area contributed by atoms with E-state index in [0.717, 1.165) is 19.3 Å². The summed E-state index contributed by atoms with van der Waals surface area (Å²) in [4.78, 5) is 69.8. The number of amides is 1. The monoisotopic (exact) mass is 736 g/mol. The van der Waals surface area contributed by atoms with Crippen LogP contribution in [0.1, 0.15) is 114 Å². The van der Waals surface area contributed by atoms with Gasteiger partial charge in [0, 0.05) is 58.8 Å². The van der Waals surface area contributed by atoms with Crippen molar-refractivity contribution in [2.45, 2.75) is 147 Å². The van der Waals surface area contributed by atoms with E-state index in [1.165, 1.54) is 11.8 Å². The van der Waals surface area contributed by atoms with Crippen molar-refractivity contribution in [1.29, 1.82) is 0 Å². The number of hydrogen-bond donors (Lipinski definition) is 5. The fourth-order valence-electron chi connectivity index (χ4n) is 4.17. The first-order chi connectivity index (χ1) is 22.5. The molecule has 0 heterocycles. The molecule has 284 valence electrons. The van der Waals surface area contributed by atoms with Gasteiger partial charge in [0.2, 0.25) is 5.91 Å². The number of aliphatic carboxylic acids is 2. The second-order valence-corrected chi connectivity index (χ2v) is 17.2. The molecule has 0 radical (unpaired) electrons. The maximum absolute atomic E-state index is 12.2. The fourth-order valence-corrected chi connectivity index (χ4v) is 7.28. The summed E-state index contributed by atoms with van der Waals surface area (Å²) in [5.41, 5.74) is -1.52. The molecular formula is C34H60N2O11S2. The van der Waals surface area contributed by atoms with Gasteiger partial charge in [0.25, 0.3) is 0 Å². The normalized spacial score (nSPS) is 17.3. The van der Waals surface area contributed by atoms with Crippen LogP contribution in [0.3, 0.4) is 0 Å². The van der Waals surface area contributed by atoms with Gasteiger partial charge in [0.15, 0.2) is 0 Å². The largest absolute Gasteiger partial charge is 0.480 e. The van der Waals surface area contributed by atoms with Gasteiger partial charge in [0.05, 0.1) is 19.4 Å². The van der Waals surface area contributed by atoms with E-state index in [4.69, 9.17) is 14.6 Å². The summed E-state index contributed by atoms with van der Waals surface area (Å²) < 4.78 is 10.1. The number of aliphatic hydroxyl groups excluding tert-OH is 1. The number of ketones is 1. The predicted octanol–water partition coefficient (Wildman–Crippen LogP) is 4.21. The molecule has 0 aliphatic heterocycles. The van der Waals surface area contributed by atoms with Crippen molar-refractivity contribution in [2.24, 2.45) is 5.41 Å². The zero-order chi connectivity index (χ0) is 38.0. The smallest absolute Gasteiger partial charge is 0.327 e. The first-order valence-electron chi connectivity index (χ1n) is 16.8. The molecule has 0 saturated heterocycles. The number of hydrogen-bond acceptors (Lipinski definition) is 12. The Morgan fingerprint density at radius 1 is 0.776 bits per heavy atom. The Hall–Kier alpha value is -2.36. The molecular weight excluding hydrogens is 677 g/mol. The Morgan fingerprint density at radius 3 is 1.71 bits per heavy atom. The van der Waals surface area contributed by atoms with Crippen molar-refractivity contribution >= 4 is 59.1 Å². The number of thioether (sulfide) groups is 2. The Labute approximate surface area is 300 Å². The molecule has 4 atom stereocenters. The standard InChI is InChI=1S/C23H40N2O8S2.C11H20O3/c1-22(2,3)25-15(21(31)32)13-35-17-7-6-16(17)34-12-14(20(29)30)24-18(27)8-9-19(28)33-23(4,5)10-11-26;1-5-8-14-10(13)7-6-9(12)11(2,3)4/h14-17,25-26H,6-13H2,1-5H3,(H,24,27)(H,29,30)(H,31,32);5-8H2,1-4H3. The summed E-state index contributed by atoms with van der Waals surface area (Å²) in [5, 5.41) is 33.9. The van der Waals surface area contributed by atoms with E-state index >= 15 is 0 Å². The van der Waals surface area contributed by atoms with E-state index in [-0.39, 0.29) is 77.7 Å². The highest BCUT2D eigenvalue weighted by Crippen LogP contribution is 2.40. The van der Waals surface area contributed by atoms with Crippen LogP contribution in [-0.4, -0.2) is 109 Å². The van der Waals surface area contributed by atoms with Gasteiger partial charge in [-0.1, -0.05) is 27.7 Å². The van der Waals surface area contributed by atoms with Crippen molar-refractivity contribution in [3.63, 3.8) is 0 Å².